The Morgan fingerprint density at radius 1 is 0.909 bits per heavy atom. The third kappa shape index (κ3) is 3.82. The molecule has 3 rings (SSSR count). The molecule has 1 saturated heterocycles. The quantitative estimate of drug-likeness (QED) is 0.775. The topological polar surface area (TPSA) is 57.7 Å². The van der Waals surface area contributed by atoms with E-state index in [1.165, 1.54) is 32.1 Å². The van der Waals surface area contributed by atoms with Gasteiger partial charge in [-0.1, -0.05) is 32.1 Å². The molecule has 0 N–H and O–H groups in total. The predicted molar refractivity (Wildman–Crippen MR) is 85.9 cm³/mol. The van der Waals surface area contributed by atoms with Crippen LogP contribution in [0.5, 0.6) is 0 Å². The Balaban J connectivity index is 1.41. The average molecular weight is 328 g/mol. The van der Waals surface area contributed by atoms with Crippen LogP contribution < -0.4 is 0 Å². The summed E-state index contributed by atoms with van der Waals surface area (Å²) < 4.78 is 26.0. The minimum atomic E-state index is -3.07. The Bertz CT molecular complexity index is 488. The minimum absolute atomic E-state index is 0.138. The van der Waals surface area contributed by atoms with Gasteiger partial charge in [-0.05, 0) is 25.2 Å². The molecule has 1 aliphatic heterocycles. The summed E-state index contributed by atoms with van der Waals surface area (Å²) in [6.45, 7) is 2.09. The molecule has 0 aromatic carbocycles. The van der Waals surface area contributed by atoms with Crippen molar-refractivity contribution in [1.82, 2.24) is 9.21 Å². The Labute approximate surface area is 134 Å². The highest BCUT2D eigenvalue weighted by atomic mass is 32.2. The van der Waals surface area contributed by atoms with Crippen LogP contribution in [0, 0.1) is 5.92 Å². The van der Waals surface area contributed by atoms with Crippen LogP contribution in [0.4, 0.5) is 0 Å². The molecule has 22 heavy (non-hydrogen) atoms. The van der Waals surface area contributed by atoms with Gasteiger partial charge in [-0.2, -0.15) is 4.31 Å². The number of rotatable bonds is 5. The Kier molecular flexibility index (Phi) is 5.07. The first-order chi connectivity index (χ1) is 10.6. The second kappa shape index (κ2) is 6.87. The lowest BCUT2D eigenvalue weighted by atomic mass is 9.86. The molecule has 0 bridgehead atoms. The van der Waals surface area contributed by atoms with Crippen molar-refractivity contribution >= 4 is 15.9 Å². The van der Waals surface area contributed by atoms with Crippen molar-refractivity contribution in [1.29, 1.82) is 0 Å². The van der Waals surface area contributed by atoms with Crippen LogP contribution in [0.3, 0.4) is 0 Å². The van der Waals surface area contributed by atoms with Crippen molar-refractivity contribution < 1.29 is 13.2 Å². The van der Waals surface area contributed by atoms with Gasteiger partial charge in [0.1, 0.15) is 0 Å². The molecule has 126 valence electrons. The summed E-state index contributed by atoms with van der Waals surface area (Å²) in [4.78, 5) is 14.2. The summed E-state index contributed by atoms with van der Waals surface area (Å²) in [6, 6.07) is 0. The van der Waals surface area contributed by atoms with Gasteiger partial charge in [-0.25, -0.2) is 8.42 Å². The van der Waals surface area contributed by atoms with Gasteiger partial charge in [0.25, 0.3) is 0 Å². The van der Waals surface area contributed by atoms with Crippen LogP contribution in [0.1, 0.15) is 57.8 Å². The maximum absolute atomic E-state index is 12.3. The van der Waals surface area contributed by atoms with Crippen molar-refractivity contribution in [2.75, 3.05) is 26.2 Å². The second-order valence-corrected chi connectivity index (χ2v) is 9.28. The largest absolute Gasteiger partial charge is 0.340 e. The molecule has 0 radical (unpaired) electrons. The molecule has 0 atom stereocenters. The van der Waals surface area contributed by atoms with Gasteiger partial charge in [0.2, 0.25) is 15.9 Å². The fourth-order valence-corrected chi connectivity index (χ4v) is 5.56. The molecule has 0 aromatic rings. The number of sulfonamides is 1. The van der Waals surface area contributed by atoms with E-state index in [9.17, 15) is 13.2 Å². The number of nitrogens with zero attached hydrogens (tertiary/aromatic N) is 2. The molecule has 1 amide bonds. The lowest BCUT2D eigenvalue weighted by molar-refractivity contribution is -0.132. The molecule has 0 unspecified atom stereocenters. The van der Waals surface area contributed by atoms with E-state index in [2.05, 4.69) is 0 Å². The number of carbonyl (C=O) groups excluding carboxylic acids is 1. The zero-order valence-corrected chi connectivity index (χ0v) is 14.2. The Hall–Kier alpha value is -0.620. The number of carbonyl (C=O) groups is 1. The van der Waals surface area contributed by atoms with E-state index >= 15 is 0 Å². The summed E-state index contributed by atoms with van der Waals surface area (Å²) in [5.74, 6) is 0.947. The lowest BCUT2D eigenvalue weighted by Crippen LogP contribution is -2.51. The molecular formula is C16H28N2O3S. The normalized spacial score (nSPS) is 25.4. The maximum Gasteiger partial charge on any atom is 0.222 e. The summed E-state index contributed by atoms with van der Waals surface area (Å²) >= 11 is 0. The third-order valence-corrected chi connectivity index (χ3v) is 7.79. The fourth-order valence-electron chi connectivity index (χ4n) is 3.73. The average Bonchev–Trinajstić information content (AvgIpc) is 3.39. The first-order valence-electron chi connectivity index (χ1n) is 8.84. The summed E-state index contributed by atoms with van der Waals surface area (Å²) in [5, 5.41) is -0.138. The first kappa shape index (κ1) is 16.2. The molecule has 6 heteroatoms. The van der Waals surface area contributed by atoms with Gasteiger partial charge < -0.3 is 4.90 Å². The van der Waals surface area contributed by atoms with Crippen LogP contribution in [0.2, 0.25) is 0 Å². The van der Waals surface area contributed by atoms with Crippen molar-refractivity contribution in [3.63, 3.8) is 0 Å². The second-order valence-electron chi connectivity index (χ2n) is 7.07. The maximum atomic E-state index is 12.3. The van der Waals surface area contributed by atoms with E-state index in [1.54, 1.807) is 4.31 Å². The standard InChI is InChI=1S/C16H28N2O3S/c19-16(9-6-14-4-2-1-3-5-14)17-10-12-18(13-11-17)22(20,21)15-7-8-15/h14-15H,1-13H2. The van der Waals surface area contributed by atoms with Gasteiger partial charge >= 0.3 is 0 Å². The smallest absolute Gasteiger partial charge is 0.222 e. The van der Waals surface area contributed by atoms with Crippen molar-refractivity contribution in [3.8, 4) is 0 Å². The molecular weight excluding hydrogens is 300 g/mol. The zero-order chi connectivity index (χ0) is 15.6. The van der Waals surface area contributed by atoms with Crippen LogP contribution >= 0.6 is 0 Å². The SMILES string of the molecule is O=C(CCC1CCCCC1)N1CCN(S(=O)(=O)C2CC2)CC1. The molecule has 3 aliphatic rings. The molecule has 5 nitrogen and oxygen atoms in total. The Morgan fingerprint density at radius 2 is 1.55 bits per heavy atom. The van der Waals surface area contributed by atoms with E-state index in [0.29, 0.717) is 32.6 Å². The van der Waals surface area contributed by atoms with Crippen molar-refractivity contribution in [2.24, 2.45) is 5.92 Å². The van der Waals surface area contributed by atoms with Crippen molar-refractivity contribution in [3.05, 3.63) is 0 Å². The molecule has 1 heterocycles. The highest BCUT2D eigenvalue weighted by Crippen LogP contribution is 2.31. The van der Waals surface area contributed by atoms with Gasteiger partial charge in [-0.3, -0.25) is 4.79 Å². The number of amides is 1. The third-order valence-electron chi connectivity index (χ3n) is 5.39. The van der Waals surface area contributed by atoms with Gasteiger partial charge in [0, 0.05) is 32.6 Å². The van der Waals surface area contributed by atoms with Gasteiger partial charge in [0.05, 0.1) is 5.25 Å². The van der Waals surface area contributed by atoms with E-state index in [0.717, 1.165) is 25.2 Å². The molecule has 2 saturated carbocycles. The molecule has 2 aliphatic carbocycles. The number of piperazine rings is 1. The summed E-state index contributed by atoms with van der Waals surface area (Å²) in [5.41, 5.74) is 0. The van der Waals surface area contributed by atoms with E-state index in [1.807, 2.05) is 4.90 Å². The number of hydrogen-bond acceptors (Lipinski definition) is 3. The van der Waals surface area contributed by atoms with E-state index in [-0.39, 0.29) is 11.2 Å². The molecule has 0 spiro atoms. The van der Waals surface area contributed by atoms with Crippen LogP contribution in [0.25, 0.3) is 0 Å². The van der Waals surface area contributed by atoms with E-state index in [4.69, 9.17) is 0 Å². The first-order valence-corrected chi connectivity index (χ1v) is 10.3. The summed E-state index contributed by atoms with van der Waals surface area (Å²) in [6.07, 6.45) is 9.81. The fraction of sp³-hybridized carbons (Fsp3) is 0.938. The highest BCUT2D eigenvalue weighted by Gasteiger charge is 2.41. The molecule has 3 fully saturated rings. The van der Waals surface area contributed by atoms with Crippen LogP contribution in [-0.2, 0) is 14.8 Å². The van der Waals surface area contributed by atoms with Crippen LogP contribution in [0.15, 0.2) is 0 Å². The van der Waals surface area contributed by atoms with Crippen LogP contribution in [-0.4, -0.2) is 55.0 Å². The molecule has 0 aromatic heterocycles. The van der Waals surface area contributed by atoms with Gasteiger partial charge in [-0.15, -0.1) is 0 Å². The van der Waals surface area contributed by atoms with Crippen molar-refractivity contribution in [2.45, 2.75) is 63.0 Å². The highest BCUT2D eigenvalue weighted by molar-refractivity contribution is 7.90. The monoisotopic (exact) mass is 328 g/mol. The predicted octanol–water partition coefficient (Wildman–Crippen LogP) is 1.98. The number of hydrogen-bond donors (Lipinski definition) is 0. The minimum Gasteiger partial charge on any atom is -0.340 e. The summed E-state index contributed by atoms with van der Waals surface area (Å²) in [7, 11) is -3.07. The zero-order valence-electron chi connectivity index (χ0n) is 13.4. The Morgan fingerprint density at radius 3 is 2.14 bits per heavy atom. The van der Waals surface area contributed by atoms with Gasteiger partial charge in [0.15, 0.2) is 0 Å². The lowest BCUT2D eigenvalue weighted by Gasteiger charge is -2.34. The van der Waals surface area contributed by atoms with E-state index < -0.39 is 10.0 Å².